The van der Waals surface area contributed by atoms with E-state index in [1.54, 1.807) is 52.0 Å². The van der Waals surface area contributed by atoms with E-state index in [0.717, 1.165) is 0 Å². The van der Waals surface area contributed by atoms with Crippen molar-refractivity contribution in [2.45, 2.75) is 40.2 Å². The van der Waals surface area contributed by atoms with Crippen LogP contribution in [0.1, 0.15) is 45.0 Å². The van der Waals surface area contributed by atoms with Crippen molar-refractivity contribution in [3.05, 3.63) is 29.8 Å². The van der Waals surface area contributed by atoms with Crippen molar-refractivity contribution in [2.24, 2.45) is 5.92 Å². The molecule has 20 heavy (non-hydrogen) atoms. The lowest BCUT2D eigenvalue weighted by molar-refractivity contribution is -0.157. The Morgan fingerprint density at radius 1 is 1.20 bits per heavy atom. The van der Waals surface area contributed by atoms with Gasteiger partial charge in [0.1, 0.15) is 17.3 Å². The van der Waals surface area contributed by atoms with Crippen LogP contribution in [0.15, 0.2) is 24.3 Å². The van der Waals surface area contributed by atoms with E-state index in [1.807, 2.05) is 6.92 Å². The molecule has 1 rings (SSSR count). The first kappa shape index (κ1) is 16.2. The van der Waals surface area contributed by atoms with Crippen LogP contribution in [-0.2, 0) is 9.53 Å². The summed E-state index contributed by atoms with van der Waals surface area (Å²) in [5.74, 6) is -1.16. The van der Waals surface area contributed by atoms with Crippen LogP contribution in [-0.4, -0.2) is 24.0 Å². The standard InChI is InChI=1S/C16H22O4/c1-6-19-13-10-8-7-9-12(13)14(17)11(2)15(18)20-16(3,4)5/h7-11H,6H2,1-5H3. The molecule has 0 aromatic heterocycles. The van der Waals surface area contributed by atoms with E-state index in [9.17, 15) is 9.59 Å². The number of hydrogen-bond acceptors (Lipinski definition) is 4. The molecule has 0 amide bonds. The summed E-state index contributed by atoms with van der Waals surface area (Å²) < 4.78 is 10.7. The lowest BCUT2D eigenvalue weighted by Crippen LogP contribution is -2.31. The minimum Gasteiger partial charge on any atom is -0.493 e. The van der Waals surface area contributed by atoms with Gasteiger partial charge in [-0.25, -0.2) is 0 Å². The summed E-state index contributed by atoms with van der Waals surface area (Å²) in [5, 5.41) is 0. The smallest absolute Gasteiger partial charge is 0.317 e. The molecule has 1 unspecified atom stereocenters. The number of rotatable bonds is 5. The van der Waals surface area contributed by atoms with Gasteiger partial charge in [-0.15, -0.1) is 0 Å². The third-order valence-corrected chi connectivity index (χ3v) is 2.61. The fourth-order valence-electron chi connectivity index (χ4n) is 1.68. The number of para-hydroxylation sites is 1. The number of carbonyl (C=O) groups excluding carboxylic acids is 2. The van der Waals surface area contributed by atoms with Crippen molar-refractivity contribution < 1.29 is 19.1 Å². The Hall–Kier alpha value is -1.84. The summed E-state index contributed by atoms with van der Waals surface area (Å²) in [6, 6.07) is 6.92. The number of esters is 1. The Morgan fingerprint density at radius 2 is 1.80 bits per heavy atom. The second-order valence-electron chi connectivity index (χ2n) is 5.55. The largest absolute Gasteiger partial charge is 0.493 e. The molecular weight excluding hydrogens is 256 g/mol. The molecule has 1 aromatic carbocycles. The van der Waals surface area contributed by atoms with Gasteiger partial charge in [0.15, 0.2) is 5.78 Å². The third kappa shape index (κ3) is 4.37. The number of hydrogen-bond donors (Lipinski definition) is 0. The highest BCUT2D eigenvalue weighted by Crippen LogP contribution is 2.23. The van der Waals surface area contributed by atoms with E-state index in [1.165, 1.54) is 0 Å². The molecule has 4 heteroatoms. The minimum absolute atomic E-state index is 0.289. The van der Waals surface area contributed by atoms with E-state index in [2.05, 4.69) is 0 Å². The summed E-state index contributed by atoms with van der Waals surface area (Å²) in [6.07, 6.45) is 0. The molecule has 0 aliphatic rings. The summed E-state index contributed by atoms with van der Waals surface area (Å²) in [7, 11) is 0. The SMILES string of the molecule is CCOc1ccccc1C(=O)C(C)C(=O)OC(C)(C)C. The highest BCUT2D eigenvalue weighted by molar-refractivity contribution is 6.09. The van der Waals surface area contributed by atoms with Crippen molar-refractivity contribution in [3.63, 3.8) is 0 Å². The molecule has 0 aliphatic carbocycles. The number of ether oxygens (including phenoxy) is 2. The van der Waals surface area contributed by atoms with Crippen molar-refractivity contribution in [1.29, 1.82) is 0 Å². The molecule has 0 heterocycles. The topological polar surface area (TPSA) is 52.6 Å². The Bertz CT molecular complexity index is 485. The van der Waals surface area contributed by atoms with Crippen molar-refractivity contribution in [2.75, 3.05) is 6.61 Å². The summed E-state index contributed by atoms with van der Waals surface area (Å²) in [6.45, 7) is 9.19. The highest BCUT2D eigenvalue weighted by Gasteiger charge is 2.29. The van der Waals surface area contributed by atoms with Crippen LogP contribution in [0.5, 0.6) is 5.75 Å². The summed E-state index contributed by atoms with van der Waals surface area (Å²) in [4.78, 5) is 24.3. The number of carbonyl (C=O) groups is 2. The van der Waals surface area contributed by atoms with Crippen LogP contribution in [0.25, 0.3) is 0 Å². The lowest BCUT2D eigenvalue weighted by atomic mass is 9.98. The minimum atomic E-state index is -0.851. The normalized spacial score (nSPS) is 12.7. The van der Waals surface area contributed by atoms with Crippen LogP contribution in [0.4, 0.5) is 0 Å². The Labute approximate surface area is 120 Å². The van der Waals surface area contributed by atoms with Crippen molar-refractivity contribution >= 4 is 11.8 Å². The maximum Gasteiger partial charge on any atom is 0.317 e. The zero-order valence-electron chi connectivity index (χ0n) is 12.7. The first-order valence-corrected chi connectivity index (χ1v) is 6.75. The Balaban J connectivity index is 2.92. The van der Waals surface area contributed by atoms with Crippen LogP contribution >= 0.6 is 0 Å². The van der Waals surface area contributed by atoms with E-state index < -0.39 is 17.5 Å². The molecule has 0 aliphatic heterocycles. The zero-order valence-corrected chi connectivity index (χ0v) is 12.7. The molecule has 110 valence electrons. The average Bonchev–Trinajstić information content (AvgIpc) is 2.36. The van der Waals surface area contributed by atoms with Gasteiger partial charge in [0, 0.05) is 0 Å². The van der Waals surface area contributed by atoms with Crippen LogP contribution in [0.2, 0.25) is 0 Å². The van der Waals surface area contributed by atoms with Gasteiger partial charge in [0.05, 0.1) is 12.2 Å². The van der Waals surface area contributed by atoms with Gasteiger partial charge in [0.2, 0.25) is 0 Å². The third-order valence-electron chi connectivity index (χ3n) is 2.61. The second-order valence-corrected chi connectivity index (χ2v) is 5.55. The van der Waals surface area contributed by atoms with Gasteiger partial charge in [-0.05, 0) is 46.8 Å². The van der Waals surface area contributed by atoms with Gasteiger partial charge in [0.25, 0.3) is 0 Å². The number of Topliss-reactive ketones (excluding diaryl/α,β-unsaturated/α-hetero) is 1. The van der Waals surface area contributed by atoms with E-state index in [-0.39, 0.29) is 5.78 Å². The predicted molar refractivity (Wildman–Crippen MR) is 77.0 cm³/mol. The maximum absolute atomic E-state index is 12.4. The second kappa shape index (κ2) is 6.55. The molecule has 0 N–H and O–H groups in total. The number of ketones is 1. The molecule has 4 nitrogen and oxygen atoms in total. The molecule has 0 saturated carbocycles. The van der Waals surface area contributed by atoms with Crippen LogP contribution in [0.3, 0.4) is 0 Å². The maximum atomic E-state index is 12.4. The molecular formula is C16H22O4. The first-order valence-electron chi connectivity index (χ1n) is 6.75. The van der Waals surface area contributed by atoms with Gasteiger partial charge >= 0.3 is 5.97 Å². The molecule has 0 radical (unpaired) electrons. The van der Waals surface area contributed by atoms with Crippen LogP contribution < -0.4 is 4.74 Å². The molecule has 0 bridgehead atoms. The average molecular weight is 278 g/mol. The molecule has 1 atom stereocenters. The van der Waals surface area contributed by atoms with Gasteiger partial charge in [-0.1, -0.05) is 12.1 Å². The monoisotopic (exact) mass is 278 g/mol. The molecule has 1 aromatic rings. The summed E-state index contributed by atoms with van der Waals surface area (Å²) >= 11 is 0. The highest BCUT2D eigenvalue weighted by atomic mass is 16.6. The van der Waals surface area contributed by atoms with E-state index in [0.29, 0.717) is 17.9 Å². The summed E-state index contributed by atoms with van der Waals surface area (Å²) in [5.41, 5.74) is -0.196. The first-order chi connectivity index (χ1) is 9.26. The van der Waals surface area contributed by atoms with Crippen molar-refractivity contribution in [1.82, 2.24) is 0 Å². The Morgan fingerprint density at radius 3 is 2.35 bits per heavy atom. The fourth-order valence-corrected chi connectivity index (χ4v) is 1.68. The quantitative estimate of drug-likeness (QED) is 0.471. The Kier molecular flexibility index (Phi) is 5.31. The zero-order chi connectivity index (χ0) is 15.3. The van der Waals surface area contributed by atoms with Crippen LogP contribution in [0, 0.1) is 5.92 Å². The fraction of sp³-hybridized carbons (Fsp3) is 0.500. The lowest BCUT2D eigenvalue weighted by Gasteiger charge is -2.22. The van der Waals surface area contributed by atoms with Crippen molar-refractivity contribution in [3.8, 4) is 5.75 Å². The van der Waals surface area contributed by atoms with E-state index >= 15 is 0 Å². The number of benzene rings is 1. The van der Waals surface area contributed by atoms with Gasteiger partial charge < -0.3 is 9.47 Å². The molecule has 0 saturated heterocycles. The molecule has 0 spiro atoms. The molecule has 0 fully saturated rings. The van der Waals surface area contributed by atoms with Gasteiger partial charge in [-0.3, -0.25) is 9.59 Å². The predicted octanol–water partition coefficient (Wildman–Crippen LogP) is 3.25. The van der Waals surface area contributed by atoms with Gasteiger partial charge in [-0.2, -0.15) is 0 Å². The van der Waals surface area contributed by atoms with E-state index in [4.69, 9.17) is 9.47 Å².